The highest BCUT2D eigenvalue weighted by molar-refractivity contribution is 7.89. The van der Waals surface area contributed by atoms with E-state index in [1.54, 1.807) is 6.07 Å². The van der Waals surface area contributed by atoms with Gasteiger partial charge in [-0.25, -0.2) is 24.0 Å². The Hall–Kier alpha value is -1.22. The highest BCUT2D eigenvalue weighted by Gasteiger charge is 2.40. The van der Waals surface area contributed by atoms with Crippen LogP contribution in [-0.4, -0.2) is 44.5 Å². The van der Waals surface area contributed by atoms with E-state index < -0.39 is 10.0 Å². The number of nitrogen functional groups attached to an aromatic ring is 1. The number of sulfonamides is 1. The fraction of sp³-hybridized carbons (Fsp3) is 0.583. The molecule has 0 bridgehead atoms. The van der Waals surface area contributed by atoms with Crippen LogP contribution in [0.4, 0.5) is 5.82 Å². The van der Waals surface area contributed by atoms with Gasteiger partial charge in [-0.2, -0.15) is 0 Å². The van der Waals surface area contributed by atoms with Gasteiger partial charge in [0.2, 0.25) is 10.0 Å². The summed E-state index contributed by atoms with van der Waals surface area (Å²) in [6.07, 6.45) is 4.61. The number of pyridine rings is 1. The van der Waals surface area contributed by atoms with Crippen molar-refractivity contribution < 1.29 is 8.42 Å². The van der Waals surface area contributed by atoms with Gasteiger partial charge in [0.05, 0.1) is 0 Å². The lowest BCUT2D eigenvalue weighted by atomic mass is 9.76. The highest BCUT2D eigenvalue weighted by atomic mass is 32.2. The van der Waals surface area contributed by atoms with Crippen molar-refractivity contribution in [2.75, 3.05) is 26.1 Å². The Morgan fingerprint density at radius 2 is 2.15 bits per heavy atom. The molecule has 1 aliphatic carbocycles. The summed E-state index contributed by atoms with van der Waals surface area (Å²) in [6, 6.07) is 3.05. The van der Waals surface area contributed by atoms with E-state index in [2.05, 4.69) is 20.0 Å². The lowest BCUT2D eigenvalue weighted by Crippen LogP contribution is -2.57. The summed E-state index contributed by atoms with van der Waals surface area (Å²) in [6.45, 7) is 0.390. The van der Waals surface area contributed by atoms with E-state index >= 15 is 0 Å². The van der Waals surface area contributed by atoms with Crippen LogP contribution in [-0.2, 0) is 10.0 Å². The Labute approximate surface area is 119 Å². The van der Waals surface area contributed by atoms with Gasteiger partial charge in [0.1, 0.15) is 4.90 Å². The molecule has 1 saturated carbocycles. The lowest BCUT2D eigenvalue weighted by Gasteiger charge is -2.47. The van der Waals surface area contributed by atoms with Crippen LogP contribution in [0, 0.1) is 0 Å². The largest absolute Gasteiger partial charge is 0.307 e. The molecule has 112 valence electrons. The van der Waals surface area contributed by atoms with Gasteiger partial charge in [-0.3, -0.25) is 0 Å². The molecule has 0 amide bonds. The van der Waals surface area contributed by atoms with Crippen molar-refractivity contribution in [3.05, 3.63) is 18.3 Å². The maximum atomic E-state index is 12.4. The smallest absolute Gasteiger partial charge is 0.244 e. The lowest BCUT2D eigenvalue weighted by molar-refractivity contribution is 0.0657. The van der Waals surface area contributed by atoms with Crippen molar-refractivity contribution in [1.29, 1.82) is 0 Å². The number of nitrogens with zero attached hydrogens (tertiary/aromatic N) is 2. The summed E-state index contributed by atoms with van der Waals surface area (Å²) < 4.78 is 27.4. The number of anilines is 1. The molecule has 1 aliphatic rings. The van der Waals surface area contributed by atoms with Gasteiger partial charge in [-0.05, 0) is 45.5 Å². The molecule has 1 heterocycles. The van der Waals surface area contributed by atoms with Crippen molar-refractivity contribution in [3.8, 4) is 0 Å². The van der Waals surface area contributed by atoms with E-state index in [0.29, 0.717) is 6.54 Å². The first-order valence-corrected chi connectivity index (χ1v) is 7.98. The minimum atomic E-state index is -3.63. The van der Waals surface area contributed by atoms with Crippen molar-refractivity contribution in [3.63, 3.8) is 0 Å². The third-order valence-corrected chi connectivity index (χ3v) is 5.45. The number of nitrogens with one attached hydrogen (secondary N) is 2. The first-order valence-electron chi connectivity index (χ1n) is 6.50. The Morgan fingerprint density at radius 3 is 2.65 bits per heavy atom. The minimum absolute atomic E-state index is 0.0655. The second-order valence-corrected chi connectivity index (χ2v) is 7.03. The van der Waals surface area contributed by atoms with Gasteiger partial charge in [0.25, 0.3) is 0 Å². The molecule has 1 aromatic heterocycles. The van der Waals surface area contributed by atoms with Gasteiger partial charge in [-0.15, -0.1) is 0 Å². The van der Waals surface area contributed by atoms with E-state index in [9.17, 15) is 8.42 Å². The van der Waals surface area contributed by atoms with Crippen LogP contribution in [0.5, 0.6) is 0 Å². The summed E-state index contributed by atoms with van der Waals surface area (Å²) in [5, 5.41) is 0. The molecule has 0 unspecified atom stereocenters. The Morgan fingerprint density at radius 1 is 1.45 bits per heavy atom. The van der Waals surface area contributed by atoms with Crippen molar-refractivity contribution in [2.45, 2.75) is 29.7 Å². The second kappa shape index (κ2) is 5.65. The van der Waals surface area contributed by atoms with E-state index in [-0.39, 0.29) is 16.3 Å². The molecule has 20 heavy (non-hydrogen) atoms. The quantitative estimate of drug-likeness (QED) is 0.510. The van der Waals surface area contributed by atoms with E-state index in [0.717, 1.165) is 19.3 Å². The Balaban J connectivity index is 2.16. The number of likely N-dealkylation sites (N-methyl/N-ethyl adjacent to an activating group) is 1. The van der Waals surface area contributed by atoms with Crippen LogP contribution in [0.2, 0.25) is 0 Å². The number of aromatic nitrogens is 1. The topological polar surface area (TPSA) is 100 Å². The van der Waals surface area contributed by atoms with Crippen LogP contribution in [0.1, 0.15) is 19.3 Å². The summed E-state index contributed by atoms with van der Waals surface area (Å²) in [5.41, 5.74) is 2.23. The molecule has 0 aromatic carbocycles. The Bertz CT molecular complexity index is 569. The zero-order chi connectivity index (χ0) is 14.8. The third kappa shape index (κ3) is 2.78. The number of rotatable bonds is 6. The molecule has 0 spiro atoms. The first-order chi connectivity index (χ1) is 9.41. The minimum Gasteiger partial charge on any atom is -0.307 e. The molecule has 4 N–H and O–H groups in total. The van der Waals surface area contributed by atoms with Crippen LogP contribution in [0.25, 0.3) is 0 Å². The van der Waals surface area contributed by atoms with Crippen molar-refractivity contribution >= 4 is 15.8 Å². The van der Waals surface area contributed by atoms with Gasteiger partial charge in [0.15, 0.2) is 5.82 Å². The summed E-state index contributed by atoms with van der Waals surface area (Å²) >= 11 is 0. The first kappa shape index (κ1) is 15.2. The number of hydrogen-bond acceptors (Lipinski definition) is 6. The SMILES string of the molecule is CN(C)C1(CNS(=O)(=O)c2cccnc2NN)CCC1. The average Bonchev–Trinajstić information content (AvgIpc) is 2.37. The fourth-order valence-electron chi connectivity index (χ4n) is 2.39. The van der Waals surface area contributed by atoms with Gasteiger partial charge in [0, 0.05) is 18.3 Å². The van der Waals surface area contributed by atoms with Crippen molar-refractivity contribution in [2.24, 2.45) is 5.84 Å². The molecular weight excluding hydrogens is 278 g/mol. The summed E-state index contributed by atoms with van der Waals surface area (Å²) in [4.78, 5) is 6.06. The molecule has 7 nitrogen and oxygen atoms in total. The predicted molar refractivity (Wildman–Crippen MR) is 77.5 cm³/mol. The fourth-order valence-corrected chi connectivity index (χ4v) is 3.63. The maximum Gasteiger partial charge on any atom is 0.244 e. The molecule has 2 rings (SSSR count). The van der Waals surface area contributed by atoms with E-state index in [4.69, 9.17) is 5.84 Å². The Kier molecular flexibility index (Phi) is 4.28. The molecule has 1 fully saturated rings. The molecule has 1 aromatic rings. The molecule has 0 radical (unpaired) electrons. The highest BCUT2D eigenvalue weighted by Crippen LogP contribution is 2.35. The van der Waals surface area contributed by atoms with Crippen molar-refractivity contribution in [1.82, 2.24) is 14.6 Å². The van der Waals surface area contributed by atoms with E-state index in [1.165, 1.54) is 12.3 Å². The summed E-state index contributed by atoms with van der Waals surface area (Å²) in [5.74, 6) is 5.45. The molecule has 0 saturated heterocycles. The average molecular weight is 299 g/mol. The number of nitrogens with two attached hydrogens (primary N) is 1. The number of hydrogen-bond donors (Lipinski definition) is 3. The third-order valence-electron chi connectivity index (χ3n) is 4.02. The number of hydrazine groups is 1. The molecule has 0 atom stereocenters. The predicted octanol–water partition coefficient (Wildman–Crippen LogP) is 0.130. The zero-order valence-electron chi connectivity index (χ0n) is 11.8. The van der Waals surface area contributed by atoms with Crippen LogP contribution in [0.3, 0.4) is 0 Å². The monoisotopic (exact) mass is 299 g/mol. The van der Waals surface area contributed by atoms with Crippen LogP contribution < -0.4 is 16.0 Å². The van der Waals surface area contributed by atoms with Gasteiger partial charge < -0.3 is 10.3 Å². The van der Waals surface area contributed by atoms with Gasteiger partial charge in [-0.1, -0.05) is 0 Å². The second-order valence-electron chi connectivity index (χ2n) is 5.29. The summed E-state index contributed by atoms with van der Waals surface area (Å²) in [7, 11) is 0.326. The van der Waals surface area contributed by atoms with Crippen LogP contribution >= 0.6 is 0 Å². The van der Waals surface area contributed by atoms with E-state index in [1.807, 2.05) is 14.1 Å². The zero-order valence-corrected chi connectivity index (χ0v) is 12.6. The normalized spacial score (nSPS) is 17.8. The van der Waals surface area contributed by atoms with Crippen LogP contribution in [0.15, 0.2) is 23.2 Å². The van der Waals surface area contributed by atoms with Gasteiger partial charge >= 0.3 is 0 Å². The standard InChI is InChI=1S/C12H21N5O2S/c1-17(2)12(6-4-7-12)9-15-20(18,19)10-5-3-8-14-11(10)16-13/h3,5,8,15H,4,6-7,9,13H2,1-2H3,(H,14,16). The molecule has 0 aliphatic heterocycles. The maximum absolute atomic E-state index is 12.4. The molecular formula is C12H21N5O2S. The molecule has 8 heteroatoms.